The lowest BCUT2D eigenvalue weighted by Crippen LogP contribution is -2.08. The second-order valence-electron chi connectivity index (χ2n) is 4.32. The Hall–Kier alpha value is -2.47. The Morgan fingerprint density at radius 2 is 1.91 bits per heavy atom. The minimum absolute atomic E-state index is 0.0518. The van der Waals surface area contributed by atoms with Crippen molar-refractivity contribution in [3.8, 4) is 22.8 Å². The van der Waals surface area contributed by atoms with E-state index in [4.69, 9.17) is 26.8 Å². The van der Waals surface area contributed by atoms with Crippen molar-refractivity contribution in [2.24, 2.45) is 0 Å². The van der Waals surface area contributed by atoms with Gasteiger partial charge in [0.1, 0.15) is 11.5 Å². The van der Waals surface area contributed by atoms with Crippen molar-refractivity contribution >= 4 is 23.3 Å². The number of anilines is 1. The van der Waals surface area contributed by atoms with Crippen LogP contribution in [-0.2, 0) is 4.74 Å². The van der Waals surface area contributed by atoms with Crippen molar-refractivity contribution in [2.45, 2.75) is 0 Å². The van der Waals surface area contributed by atoms with Gasteiger partial charge in [0.2, 0.25) is 0 Å². The molecule has 0 aliphatic heterocycles. The van der Waals surface area contributed by atoms with Gasteiger partial charge in [0.25, 0.3) is 0 Å². The lowest BCUT2D eigenvalue weighted by Gasteiger charge is -2.12. The molecule has 0 aliphatic rings. The van der Waals surface area contributed by atoms with Crippen molar-refractivity contribution in [3.63, 3.8) is 0 Å². The maximum absolute atomic E-state index is 11.8. The molecular formula is C15H15ClN2O4. The third-order valence-electron chi connectivity index (χ3n) is 3.05. The van der Waals surface area contributed by atoms with Crippen LogP contribution in [0.4, 0.5) is 5.69 Å². The van der Waals surface area contributed by atoms with Gasteiger partial charge in [-0.15, -0.1) is 0 Å². The predicted molar refractivity (Wildman–Crippen MR) is 83.5 cm³/mol. The summed E-state index contributed by atoms with van der Waals surface area (Å²) in [6, 6.07) is 6.78. The molecule has 2 rings (SSSR count). The molecule has 2 aromatic rings. The van der Waals surface area contributed by atoms with E-state index in [-0.39, 0.29) is 16.4 Å². The van der Waals surface area contributed by atoms with Gasteiger partial charge in [0.05, 0.1) is 37.7 Å². The van der Waals surface area contributed by atoms with Gasteiger partial charge in [-0.3, -0.25) is 0 Å². The molecule has 0 bridgehead atoms. The number of hydrogen-bond acceptors (Lipinski definition) is 6. The number of benzene rings is 1. The van der Waals surface area contributed by atoms with Gasteiger partial charge in [-0.1, -0.05) is 11.6 Å². The highest BCUT2D eigenvalue weighted by Crippen LogP contribution is 2.35. The zero-order chi connectivity index (χ0) is 16.3. The molecule has 6 nitrogen and oxygen atoms in total. The third kappa shape index (κ3) is 2.92. The fourth-order valence-electron chi connectivity index (χ4n) is 1.93. The summed E-state index contributed by atoms with van der Waals surface area (Å²) in [6.45, 7) is 0. The quantitative estimate of drug-likeness (QED) is 0.871. The van der Waals surface area contributed by atoms with E-state index < -0.39 is 5.97 Å². The Labute approximate surface area is 132 Å². The fourth-order valence-corrected chi connectivity index (χ4v) is 2.11. The smallest absolute Gasteiger partial charge is 0.358 e. The number of esters is 1. The zero-order valence-electron chi connectivity index (χ0n) is 12.3. The molecule has 1 aromatic carbocycles. The molecule has 0 saturated carbocycles. The maximum Gasteiger partial charge on any atom is 0.358 e. The number of carbonyl (C=O) groups excluding carboxylic acids is 1. The highest BCUT2D eigenvalue weighted by molar-refractivity contribution is 6.35. The number of methoxy groups -OCH3 is 3. The monoisotopic (exact) mass is 322 g/mol. The normalized spacial score (nSPS) is 10.2. The molecule has 7 heteroatoms. The number of halogens is 1. The number of nitrogens with zero attached hydrogens (tertiary/aromatic N) is 1. The molecule has 1 heterocycles. The average Bonchev–Trinajstić information content (AvgIpc) is 2.55. The number of rotatable bonds is 4. The molecule has 0 amide bonds. The summed E-state index contributed by atoms with van der Waals surface area (Å²) >= 11 is 6.01. The van der Waals surface area contributed by atoms with Crippen LogP contribution >= 0.6 is 11.6 Å². The first-order chi connectivity index (χ1) is 10.5. The van der Waals surface area contributed by atoms with Crippen molar-refractivity contribution in [1.82, 2.24) is 4.98 Å². The molecule has 116 valence electrons. The molecule has 0 atom stereocenters. The van der Waals surface area contributed by atoms with E-state index >= 15 is 0 Å². The Morgan fingerprint density at radius 3 is 2.50 bits per heavy atom. The third-order valence-corrected chi connectivity index (χ3v) is 3.44. The number of nitrogen functional groups attached to an aromatic ring is 1. The van der Waals surface area contributed by atoms with E-state index in [1.165, 1.54) is 14.2 Å². The van der Waals surface area contributed by atoms with E-state index in [2.05, 4.69) is 9.72 Å². The van der Waals surface area contributed by atoms with Crippen LogP contribution in [0, 0.1) is 0 Å². The lowest BCUT2D eigenvalue weighted by molar-refractivity contribution is 0.0594. The second kappa shape index (κ2) is 6.53. The van der Waals surface area contributed by atoms with Crippen molar-refractivity contribution in [2.75, 3.05) is 27.1 Å². The highest BCUT2D eigenvalue weighted by atomic mass is 35.5. The summed E-state index contributed by atoms with van der Waals surface area (Å²) in [7, 11) is 4.33. The largest absolute Gasteiger partial charge is 0.497 e. The Morgan fingerprint density at radius 1 is 1.18 bits per heavy atom. The van der Waals surface area contributed by atoms with Crippen LogP contribution in [-0.4, -0.2) is 32.3 Å². The van der Waals surface area contributed by atoms with Gasteiger partial charge in [-0.2, -0.15) is 0 Å². The van der Waals surface area contributed by atoms with E-state index in [1.807, 2.05) is 0 Å². The van der Waals surface area contributed by atoms with E-state index in [0.717, 1.165) is 0 Å². The fraction of sp³-hybridized carbons (Fsp3) is 0.200. The Balaban J connectivity index is 2.67. The molecule has 2 N–H and O–H groups in total. The minimum atomic E-state index is -0.666. The maximum atomic E-state index is 11.8. The van der Waals surface area contributed by atoms with Crippen LogP contribution in [0.1, 0.15) is 10.5 Å². The van der Waals surface area contributed by atoms with Gasteiger partial charge in [0.15, 0.2) is 5.69 Å². The molecule has 22 heavy (non-hydrogen) atoms. The van der Waals surface area contributed by atoms with Gasteiger partial charge < -0.3 is 19.9 Å². The number of hydrogen-bond donors (Lipinski definition) is 1. The summed E-state index contributed by atoms with van der Waals surface area (Å²) in [6.07, 6.45) is 0. The molecular weight excluding hydrogens is 308 g/mol. The Kier molecular flexibility index (Phi) is 4.72. The number of carbonyl (C=O) groups is 1. The van der Waals surface area contributed by atoms with Crippen molar-refractivity contribution in [3.05, 3.63) is 35.0 Å². The Bertz CT molecular complexity index is 719. The first-order valence-electron chi connectivity index (χ1n) is 6.28. The SMILES string of the molecule is COC(=O)c1nc(-c2cc(OC)ccc2OC)cc(N)c1Cl. The summed E-state index contributed by atoms with van der Waals surface area (Å²) in [5, 5.41) is 0.0532. The number of pyridine rings is 1. The molecule has 0 fully saturated rings. The first kappa shape index (κ1) is 15.9. The summed E-state index contributed by atoms with van der Waals surface area (Å²) < 4.78 is 15.2. The molecule has 0 radical (unpaired) electrons. The standard InChI is InChI=1S/C15H15ClN2O4/c1-20-8-4-5-12(21-2)9(6-8)11-7-10(17)13(16)14(18-11)15(19)22-3/h4-7H,1-3H3,(H2,17,18). The van der Waals surface area contributed by atoms with E-state index in [9.17, 15) is 4.79 Å². The predicted octanol–water partition coefficient (Wildman–Crippen LogP) is 2.79. The molecule has 1 aromatic heterocycles. The van der Waals surface area contributed by atoms with E-state index in [1.54, 1.807) is 31.4 Å². The molecule has 0 aliphatic carbocycles. The highest BCUT2D eigenvalue weighted by Gasteiger charge is 2.19. The van der Waals surface area contributed by atoms with Gasteiger partial charge >= 0.3 is 5.97 Å². The summed E-state index contributed by atoms with van der Waals surface area (Å²) in [5.74, 6) is 0.511. The number of ether oxygens (including phenoxy) is 3. The van der Waals surface area contributed by atoms with E-state index in [0.29, 0.717) is 22.8 Å². The first-order valence-corrected chi connectivity index (χ1v) is 6.66. The zero-order valence-corrected chi connectivity index (χ0v) is 13.1. The van der Waals surface area contributed by atoms with Gasteiger partial charge in [0, 0.05) is 5.56 Å². The van der Waals surface area contributed by atoms with Crippen LogP contribution in [0.15, 0.2) is 24.3 Å². The molecule has 0 unspecified atom stereocenters. The van der Waals surface area contributed by atoms with Crippen LogP contribution in [0.2, 0.25) is 5.02 Å². The van der Waals surface area contributed by atoms with Crippen LogP contribution in [0.5, 0.6) is 11.5 Å². The lowest BCUT2D eigenvalue weighted by atomic mass is 10.1. The van der Waals surface area contributed by atoms with Crippen molar-refractivity contribution < 1.29 is 19.0 Å². The van der Waals surface area contributed by atoms with Crippen molar-refractivity contribution in [1.29, 1.82) is 0 Å². The number of aromatic nitrogens is 1. The molecule has 0 spiro atoms. The topological polar surface area (TPSA) is 83.7 Å². The van der Waals surface area contributed by atoms with Crippen LogP contribution in [0.3, 0.4) is 0 Å². The van der Waals surface area contributed by atoms with Crippen LogP contribution < -0.4 is 15.2 Å². The summed E-state index contributed by atoms with van der Waals surface area (Å²) in [5.41, 5.74) is 7.08. The minimum Gasteiger partial charge on any atom is -0.497 e. The van der Waals surface area contributed by atoms with Gasteiger partial charge in [-0.25, -0.2) is 9.78 Å². The van der Waals surface area contributed by atoms with Gasteiger partial charge in [-0.05, 0) is 24.3 Å². The van der Waals surface area contributed by atoms with Crippen LogP contribution in [0.25, 0.3) is 11.3 Å². The number of nitrogens with two attached hydrogens (primary N) is 1. The second-order valence-corrected chi connectivity index (χ2v) is 4.70. The molecule has 0 saturated heterocycles. The summed E-state index contributed by atoms with van der Waals surface area (Å²) in [4.78, 5) is 16.0. The average molecular weight is 323 g/mol.